The van der Waals surface area contributed by atoms with Crippen molar-refractivity contribution in [3.05, 3.63) is 82.3 Å². The summed E-state index contributed by atoms with van der Waals surface area (Å²) in [4.78, 5) is 27.8. The van der Waals surface area contributed by atoms with Crippen molar-refractivity contribution in [2.45, 2.75) is 25.4 Å². The number of rotatable bonds is 6. The van der Waals surface area contributed by atoms with Crippen LogP contribution in [-0.2, 0) is 21.6 Å². The van der Waals surface area contributed by atoms with Gasteiger partial charge in [-0.3, -0.25) is 4.79 Å². The summed E-state index contributed by atoms with van der Waals surface area (Å²) in [6.07, 6.45) is 1.96. The normalized spacial score (nSPS) is 18.5. The van der Waals surface area contributed by atoms with Crippen molar-refractivity contribution in [3.8, 4) is 0 Å². The van der Waals surface area contributed by atoms with Crippen LogP contribution >= 0.6 is 15.9 Å². The van der Waals surface area contributed by atoms with Crippen LogP contribution < -0.4 is 0 Å². The van der Waals surface area contributed by atoms with Crippen LogP contribution in [0.4, 0.5) is 0 Å². The van der Waals surface area contributed by atoms with Crippen LogP contribution in [0.15, 0.2) is 65.7 Å². The van der Waals surface area contributed by atoms with Crippen LogP contribution in [0.3, 0.4) is 0 Å². The van der Waals surface area contributed by atoms with Gasteiger partial charge in [-0.25, -0.2) is 4.79 Å². The first kappa shape index (κ1) is 18.4. The van der Waals surface area contributed by atoms with Crippen LogP contribution in [0.5, 0.6) is 0 Å². The maximum atomic E-state index is 13.1. The molecule has 134 valence electrons. The predicted octanol–water partition coefficient (Wildman–Crippen LogP) is 4.44. The molecule has 0 fully saturated rings. The minimum atomic E-state index is -1.18. The summed E-state index contributed by atoms with van der Waals surface area (Å²) >= 11 is 3.42. The lowest BCUT2D eigenvalue weighted by atomic mass is 9.86. The molecule has 1 atom stereocenters. The van der Waals surface area contributed by atoms with Crippen molar-refractivity contribution >= 4 is 27.8 Å². The van der Waals surface area contributed by atoms with Crippen molar-refractivity contribution in [2.75, 3.05) is 6.61 Å². The summed E-state index contributed by atoms with van der Waals surface area (Å²) in [5.74, 6) is -0.589. The molecule has 3 rings (SSSR count). The van der Waals surface area contributed by atoms with E-state index < -0.39 is 11.5 Å². The maximum Gasteiger partial charge on any atom is 0.337 e. The van der Waals surface area contributed by atoms with E-state index >= 15 is 0 Å². The molecule has 0 bridgehead atoms. The lowest BCUT2D eigenvalue weighted by molar-refractivity contribution is -0.156. The number of carbonyl (C=O) groups excluding carboxylic acids is 2. The lowest BCUT2D eigenvalue weighted by Crippen LogP contribution is -2.50. The molecule has 0 radical (unpaired) electrons. The fraction of sp³-hybridized carbons (Fsp3) is 0.238. The van der Waals surface area contributed by atoms with E-state index in [4.69, 9.17) is 4.74 Å². The second-order valence-corrected chi connectivity index (χ2v) is 7.05. The van der Waals surface area contributed by atoms with Gasteiger partial charge in [0.05, 0.1) is 6.61 Å². The lowest BCUT2D eigenvalue weighted by Gasteiger charge is -2.36. The number of esters is 1. The summed E-state index contributed by atoms with van der Waals surface area (Å²) < 4.78 is 6.34. The predicted molar refractivity (Wildman–Crippen MR) is 104 cm³/mol. The Hall–Kier alpha value is -2.40. The Morgan fingerprint density at radius 3 is 2.58 bits per heavy atom. The molecule has 1 heterocycles. The van der Waals surface area contributed by atoms with E-state index in [0.717, 1.165) is 10.0 Å². The molecule has 1 amide bonds. The summed E-state index contributed by atoms with van der Waals surface area (Å²) in [5.41, 5.74) is 0.977. The largest absolute Gasteiger partial charge is 0.464 e. The van der Waals surface area contributed by atoms with Crippen molar-refractivity contribution in [1.82, 2.24) is 4.90 Å². The van der Waals surface area contributed by atoms with Crippen LogP contribution in [0.2, 0.25) is 0 Å². The van der Waals surface area contributed by atoms with E-state index in [1.54, 1.807) is 24.0 Å². The highest BCUT2D eigenvalue weighted by Gasteiger charge is 2.55. The molecular formula is C21H20BrNO3. The number of halogens is 1. The van der Waals surface area contributed by atoms with Gasteiger partial charge >= 0.3 is 5.97 Å². The van der Waals surface area contributed by atoms with Crippen molar-refractivity contribution in [2.24, 2.45) is 0 Å². The minimum Gasteiger partial charge on any atom is -0.464 e. The summed E-state index contributed by atoms with van der Waals surface area (Å²) in [6.45, 7) is 6.14. The van der Waals surface area contributed by atoms with Gasteiger partial charge in [0.2, 0.25) is 0 Å². The van der Waals surface area contributed by atoms with E-state index in [-0.39, 0.29) is 12.5 Å². The minimum absolute atomic E-state index is 0.168. The highest BCUT2D eigenvalue weighted by atomic mass is 79.9. The number of ether oxygens (including phenoxy) is 1. The molecule has 1 unspecified atom stereocenters. The Balaban J connectivity index is 2.13. The third-order valence-corrected chi connectivity index (χ3v) is 5.14. The molecule has 5 heteroatoms. The first-order chi connectivity index (χ1) is 12.5. The van der Waals surface area contributed by atoms with Gasteiger partial charge in [-0.15, -0.1) is 6.58 Å². The van der Waals surface area contributed by atoms with E-state index in [1.165, 1.54) is 0 Å². The highest BCUT2D eigenvalue weighted by molar-refractivity contribution is 9.10. The molecule has 0 N–H and O–H groups in total. The number of nitrogens with zero attached hydrogens (tertiary/aromatic N) is 1. The molecule has 0 spiro atoms. The zero-order valence-corrected chi connectivity index (χ0v) is 16.2. The van der Waals surface area contributed by atoms with Crippen molar-refractivity contribution in [1.29, 1.82) is 0 Å². The third-order valence-electron chi connectivity index (χ3n) is 4.62. The van der Waals surface area contributed by atoms with E-state index in [0.29, 0.717) is 24.1 Å². The van der Waals surface area contributed by atoms with Gasteiger partial charge in [0, 0.05) is 28.6 Å². The van der Waals surface area contributed by atoms with Gasteiger partial charge < -0.3 is 9.64 Å². The number of benzene rings is 2. The van der Waals surface area contributed by atoms with Crippen LogP contribution in [0.1, 0.15) is 34.8 Å². The molecule has 2 aromatic carbocycles. The van der Waals surface area contributed by atoms with Crippen LogP contribution in [0.25, 0.3) is 0 Å². The zero-order valence-electron chi connectivity index (χ0n) is 14.6. The van der Waals surface area contributed by atoms with Gasteiger partial charge in [0.25, 0.3) is 5.91 Å². The Morgan fingerprint density at radius 2 is 1.92 bits per heavy atom. The molecule has 1 aliphatic rings. The molecule has 2 aromatic rings. The molecular weight excluding hydrogens is 394 g/mol. The first-order valence-corrected chi connectivity index (χ1v) is 9.28. The molecule has 0 saturated heterocycles. The molecule has 0 aromatic heterocycles. The Labute approximate surface area is 161 Å². The van der Waals surface area contributed by atoms with Crippen LogP contribution in [-0.4, -0.2) is 23.4 Å². The second kappa shape index (κ2) is 7.46. The Kier molecular flexibility index (Phi) is 5.28. The average Bonchev–Trinajstić information content (AvgIpc) is 2.88. The smallest absolute Gasteiger partial charge is 0.337 e. The molecule has 4 nitrogen and oxygen atoms in total. The van der Waals surface area contributed by atoms with Crippen molar-refractivity contribution in [3.63, 3.8) is 0 Å². The van der Waals surface area contributed by atoms with Crippen LogP contribution in [0, 0.1) is 0 Å². The van der Waals surface area contributed by atoms with Gasteiger partial charge in [0.1, 0.15) is 0 Å². The number of carbonyl (C=O) groups is 2. The third kappa shape index (κ3) is 2.97. The highest BCUT2D eigenvalue weighted by Crippen LogP contribution is 2.44. The summed E-state index contributed by atoms with van der Waals surface area (Å²) in [5, 5.41) is 0. The number of amides is 1. The monoisotopic (exact) mass is 413 g/mol. The fourth-order valence-electron chi connectivity index (χ4n) is 3.46. The fourth-order valence-corrected chi connectivity index (χ4v) is 3.72. The average molecular weight is 414 g/mol. The standard InChI is InChI=1S/C21H20BrNO3/c1-3-13-21(20(25)26-4-2)18-8-6-5-7-17(18)19(24)23(21)14-15-9-11-16(22)12-10-15/h3,5-12H,1,4,13-14H2,2H3. The van der Waals surface area contributed by atoms with Gasteiger partial charge in [-0.2, -0.15) is 0 Å². The quantitative estimate of drug-likeness (QED) is 0.519. The first-order valence-electron chi connectivity index (χ1n) is 8.48. The molecule has 0 saturated carbocycles. The SMILES string of the molecule is C=CCC1(C(=O)OCC)c2ccccc2C(=O)N1Cc1ccc(Br)cc1. The van der Waals surface area contributed by atoms with Gasteiger partial charge in [-0.1, -0.05) is 52.3 Å². The van der Waals surface area contributed by atoms with E-state index in [2.05, 4.69) is 22.5 Å². The number of hydrogen-bond donors (Lipinski definition) is 0. The second-order valence-electron chi connectivity index (χ2n) is 6.14. The number of fused-ring (bicyclic) bond motifs is 1. The van der Waals surface area contributed by atoms with Gasteiger partial charge in [0.15, 0.2) is 5.54 Å². The van der Waals surface area contributed by atoms with Gasteiger partial charge in [-0.05, 0) is 30.7 Å². The molecule has 1 aliphatic heterocycles. The van der Waals surface area contributed by atoms with E-state index in [1.807, 2.05) is 42.5 Å². The number of hydrogen-bond acceptors (Lipinski definition) is 3. The molecule has 0 aliphatic carbocycles. The molecule has 26 heavy (non-hydrogen) atoms. The topological polar surface area (TPSA) is 46.6 Å². The van der Waals surface area contributed by atoms with E-state index in [9.17, 15) is 9.59 Å². The Bertz CT molecular complexity index is 847. The summed E-state index contributed by atoms with van der Waals surface area (Å²) in [7, 11) is 0. The summed E-state index contributed by atoms with van der Waals surface area (Å²) in [6, 6.07) is 14.9. The Morgan fingerprint density at radius 1 is 1.23 bits per heavy atom. The van der Waals surface area contributed by atoms with Crippen molar-refractivity contribution < 1.29 is 14.3 Å². The maximum absolute atomic E-state index is 13.1. The zero-order chi connectivity index (χ0) is 18.7.